The molecular formula is C23H19FN4O3S. The molecule has 9 heteroatoms. The van der Waals surface area contributed by atoms with Crippen LogP contribution in [0, 0.1) is 12.7 Å². The average molecular weight is 450 g/mol. The predicted octanol–water partition coefficient (Wildman–Crippen LogP) is 4.50. The quantitative estimate of drug-likeness (QED) is 0.468. The Hall–Kier alpha value is -3.98. The van der Waals surface area contributed by atoms with Gasteiger partial charge in [0, 0.05) is 11.6 Å². The maximum absolute atomic E-state index is 13.8. The number of rotatable bonds is 5. The van der Waals surface area contributed by atoms with Crippen LogP contribution in [0.5, 0.6) is 0 Å². The second-order valence-electron chi connectivity index (χ2n) is 7.05. The fourth-order valence-electron chi connectivity index (χ4n) is 3.07. The summed E-state index contributed by atoms with van der Waals surface area (Å²) in [6.45, 7) is 1.83. The fraction of sp³-hybridized carbons (Fsp3) is 0.0435. The highest BCUT2D eigenvalue weighted by molar-refractivity contribution is 7.90. The monoisotopic (exact) mass is 450 g/mol. The molecule has 4 aromatic rings. The van der Waals surface area contributed by atoms with Crippen LogP contribution >= 0.6 is 0 Å². The van der Waals surface area contributed by atoms with Gasteiger partial charge in [-0.25, -0.2) is 27.0 Å². The van der Waals surface area contributed by atoms with Gasteiger partial charge in [-0.2, -0.15) is 5.10 Å². The zero-order valence-corrected chi connectivity index (χ0v) is 17.8. The van der Waals surface area contributed by atoms with E-state index in [1.54, 1.807) is 24.3 Å². The number of aryl methyl sites for hydroxylation is 1. The van der Waals surface area contributed by atoms with Crippen molar-refractivity contribution in [2.45, 2.75) is 11.8 Å². The van der Waals surface area contributed by atoms with Gasteiger partial charge >= 0.3 is 6.03 Å². The Bertz CT molecular complexity index is 1370. The average Bonchev–Trinajstić information content (AvgIpc) is 3.18. The molecule has 162 valence electrons. The Morgan fingerprint density at radius 1 is 0.938 bits per heavy atom. The lowest BCUT2D eigenvalue weighted by atomic mass is 10.2. The van der Waals surface area contributed by atoms with Crippen molar-refractivity contribution in [3.63, 3.8) is 0 Å². The Morgan fingerprint density at radius 2 is 1.66 bits per heavy atom. The van der Waals surface area contributed by atoms with Gasteiger partial charge in [0.15, 0.2) is 0 Å². The van der Waals surface area contributed by atoms with E-state index in [1.807, 2.05) is 42.0 Å². The molecule has 32 heavy (non-hydrogen) atoms. The summed E-state index contributed by atoms with van der Waals surface area (Å²) in [4.78, 5) is 12.5. The van der Waals surface area contributed by atoms with Crippen LogP contribution < -0.4 is 10.0 Å². The first-order valence-corrected chi connectivity index (χ1v) is 11.1. The number of amides is 2. The summed E-state index contributed by atoms with van der Waals surface area (Å²) >= 11 is 0. The van der Waals surface area contributed by atoms with Crippen LogP contribution in [0.4, 0.5) is 15.0 Å². The van der Waals surface area contributed by atoms with E-state index in [0.29, 0.717) is 11.4 Å². The molecule has 2 amide bonds. The molecule has 0 fully saturated rings. The van der Waals surface area contributed by atoms with Gasteiger partial charge in [0.2, 0.25) is 0 Å². The van der Waals surface area contributed by atoms with Gasteiger partial charge in [-0.1, -0.05) is 54.1 Å². The number of anilines is 1. The van der Waals surface area contributed by atoms with E-state index in [0.717, 1.165) is 11.1 Å². The molecule has 0 unspecified atom stereocenters. The van der Waals surface area contributed by atoms with Crippen LogP contribution in [0.25, 0.3) is 16.9 Å². The van der Waals surface area contributed by atoms with E-state index in [-0.39, 0.29) is 10.7 Å². The lowest BCUT2D eigenvalue weighted by molar-refractivity contribution is 0.256. The lowest BCUT2D eigenvalue weighted by Gasteiger charge is -2.11. The highest BCUT2D eigenvalue weighted by Gasteiger charge is 2.20. The molecule has 7 nitrogen and oxygen atoms in total. The molecule has 1 aromatic heterocycles. The van der Waals surface area contributed by atoms with Gasteiger partial charge < -0.3 is 0 Å². The maximum atomic E-state index is 13.8. The topological polar surface area (TPSA) is 93.1 Å². The number of benzene rings is 3. The van der Waals surface area contributed by atoms with Crippen LogP contribution in [-0.2, 0) is 10.0 Å². The van der Waals surface area contributed by atoms with E-state index < -0.39 is 21.9 Å². The molecule has 4 rings (SSSR count). The summed E-state index contributed by atoms with van der Waals surface area (Å²) in [6.07, 6.45) is 0. The number of aromatic nitrogens is 2. The molecule has 2 N–H and O–H groups in total. The molecule has 0 bridgehead atoms. The summed E-state index contributed by atoms with van der Waals surface area (Å²) in [5.74, 6) is -0.303. The molecular weight excluding hydrogens is 431 g/mol. The first kappa shape index (κ1) is 21.3. The Morgan fingerprint density at radius 3 is 2.34 bits per heavy atom. The fourth-order valence-corrected chi connectivity index (χ4v) is 3.97. The normalized spacial score (nSPS) is 11.2. The number of sulfonamides is 1. The van der Waals surface area contributed by atoms with Crippen molar-refractivity contribution in [3.05, 3.63) is 96.3 Å². The second kappa shape index (κ2) is 8.64. The van der Waals surface area contributed by atoms with Crippen molar-refractivity contribution in [3.8, 4) is 16.9 Å². The van der Waals surface area contributed by atoms with E-state index >= 15 is 0 Å². The van der Waals surface area contributed by atoms with E-state index in [1.165, 1.54) is 35.0 Å². The summed E-state index contributed by atoms with van der Waals surface area (Å²) in [5, 5.41) is 6.97. The van der Waals surface area contributed by atoms with E-state index in [2.05, 4.69) is 10.4 Å². The van der Waals surface area contributed by atoms with Crippen molar-refractivity contribution < 1.29 is 17.6 Å². The zero-order valence-electron chi connectivity index (χ0n) is 17.0. The Labute approximate surface area is 184 Å². The number of nitrogens with zero attached hydrogens (tertiary/aromatic N) is 2. The van der Waals surface area contributed by atoms with Crippen LogP contribution in [0.1, 0.15) is 5.56 Å². The molecule has 0 saturated carbocycles. The Balaban J connectivity index is 1.65. The maximum Gasteiger partial charge on any atom is 0.334 e. The second-order valence-corrected chi connectivity index (χ2v) is 8.73. The van der Waals surface area contributed by atoms with Gasteiger partial charge in [0.1, 0.15) is 11.6 Å². The number of urea groups is 1. The highest BCUT2D eigenvalue weighted by Crippen LogP contribution is 2.25. The molecule has 0 aliphatic rings. The van der Waals surface area contributed by atoms with Crippen molar-refractivity contribution in [1.82, 2.24) is 14.5 Å². The number of halogens is 1. The highest BCUT2D eigenvalue weighted by atomic mass is 32.2. The van der Waals surface area contributed by atoms with Gasteiger partial charge in [-0.3, -0.25) is 5.32 Å². The molecule has 0 atom stereocenters. The summed E-state index contributed by atoms with van der Waals surface area (Å²) in [5.41, 5.74) is 2.55. The van der Waals surface area contributed by atoms with Crippen molar-refractivity contribution in [2.24, 2.45) is 0 Å². The van der Waals surface area contributed by atoms with Crippen LogP contribution in [-0.4, -0.2) is 24.2 Å². The largest absolute Gasteiger partial charge is 0.334 e. The number of carbonyl (C=O) groups is 1. The first-order chi connectivity index (χ1) is 15.3. The van der Waals surface area contributed by atoms with Gasteiger partial charge in [-0.05, 0) is 37.3 Å². The van der Waals surface area contributed by atoms with Crippen molar-refractivity contribution in [2.75, 3.05) is 5.32 Å². The van der Waals surface area contributed by atoms with Gasteiger partial charge in [0.25, 0.3) is 10.0 Å². The lowest BCUT2D eigenvalue weighted by Crippen LogP contribution is -2.34. The van der Waals surface area contributed by atoms with Gasteiger partial charge in [0.05, 0.1) is 16.3 Å². The number of carbonyl (C=O) groups excluding carboxylic acids is 1. The number of nitrogens with one attached hydrogen (secondary N) is 2. The smallest absolute Gasteiger partial charge is 0.291 e. The Kier molecular flexibility index (Phi) is 5.74. The molecule has 0 spiro atoms. The van der Waals surface area contributed by atoms with Crippen LogP contribution in [0.15, 0.2) is 89.8 Å². The predicted molar refractivity (Wildman–Crippen MR) is 119 cm³/mol. The third kappa shape index (κ3) is 4.68. The molecule has 0 radical (unpaired) electrons. The molecule has 0 aliphatic carbocycles. The van der Waals surface area contributed by atoms with Crippen molar-refractivity contribution >= 4 is 21.9 Å². The summed E-state index contributed by atoms with van der Waals surface area (Å²) in [6, 6.07) is 21.6. The standard InChI is InChI=1S/C23H19FN4O3S/c1-16-10-12-20(13-11-16)32(30,31)27-23(29)25-22-15-21(17-6-3-2-4-7-17)26-28(22)19-9-5-8-18(24)14-19/h2-15H,1H3,(H2,25,27,29). The SMILES string of the molecule is Cc1ccc(S(=O)(=O)NC(=O)Nc2cc(-c3ccccc3)nn2-c2cccc(F)c2)cc1. The van der Waals surface area contributed by atoms with Crippen LogP contribution in [0.2, 0.25) is 0 Å². The first-order valence-electron chi connectivity index (χ1n) is 9.64. The molecule has 3 aromatic carbocycles. The number of hydrogen-bond acceptors (Lipinski definition) is 4. The molecule has 1 heterocycles. The summed E-state index contributed by atoms with van der Waals surface area (Å²) in [7, 11) is -4.08. The van der Waals surface area contributed by atoms with Crippen molar-refractivity contribution in [1.29, 1.82) is 0 Å². The molecule has 0 aliphatic heterocycles. The number of hydrogen-bond donors (Lipinski definition) is 2. The van der Waals surface area contributed by atoms with Crippen LogP contribution in [0.3, 0.4) is 0 Å². The minimum absolute atomic E-state index is 0.0399. The third-order valence-corrected chi connectivity index (χ3v) is 5.98. The zero-order chi connectivity index (χ0) is 22.7. The summed E-state index contributed by atoms with van der Waals surface area (Å²) < 4.78 is 42.2. The minimum atomic E-state index is -4.08. The van der Waals surface area contributed by atoms with E-state index in [9.17, 15) is 17.6 Å². The molecule has 0 saturated heterocycles. The van der Waals surface area contributed by atoms with E-state index in [4.69, 9.17) is 0 Å². The minimum Gasteiger partial charge on any atom is -0.291 e. The van der Waals surface area contributed by atoms with Gasteiger partial charge in [-0.15, -0.1) is 0 Å². The third-order valence-electron chi connectivity index (χ3n) is 4.63.